The lowest BCUT2D eigenvalue weighted by atomic mass is 9.98. The van der Waals surface area contributed by atoms with E-state index in [1.807, 2.05) is 0 Å². The van der Waals surface area contributed by atoms with E-state index in [0.717, 1.165) is 116 Å². The summed E-state index contributed by atoms with van der Waals surface area (Å²) in [6.07, 6.45) is 25.5. The van der Waals surface area contributed by atoms with Crippen molar-refractivity contribution in [1.82, 2.24) is 9.80 Å². The Morgan fingerprint density at radius 1 is 0.521 bits per heavy atom. The molecule has 48 heavy (non-hydrogen) atoms. The number of carbonyl (C=O) groups excluding carboxylic acids is 3. The molecule has 2 unspecified atom stereocenters. The Morgan fingerprint density at radius 3 is 1.40 bits per heavy atom. The van der Waals surface area contributed by atoms with Gasteiger partial charge in [-0.25, -0.2) is 0 Å². The highest BCUT2D eigenvalue weighted by Crippen LogP contribution is 2.21. The molecular weight excluding hydrogens is 600 g/mol. The van der Waals surface area contributed by atoms with Crippen molar-refractivity contribution in [2.75, 3.05) is 40.4 Å². The average molecular weight is 681 g/mol. The largest absolute Gasteiger partial charge is 0.465 e. The topological polar surface area (TPSA) is 76.2 Å². The van der Waals surface area contributed by atoms with Crippen LogP contribution in [0, 0.1) is 11.8 Å². The van der Waals surface area contributed by atoms with E-state index in [4.69, 9.17) is 9.47 Å². The Bertz CT molecular complexity index is 770. The second kappa shape index (κ2) is 32.6. The van der Waals surface area contributed by atoms with Gasteiger partial charge in [-0.1, -0.05) is 124 Å². The van der Waals surface area contributed by atoms with Crippen LogP contribution in [0.5, 0.6) is 0 Å². The molecule has 0 aliphatic heterocycles. The van der Waals surface area contributed by atoms with E-state index in [1.54, 1.807) is 6.92 Å². The second-order valence-electron chi connectivity index (χ2n) is 14.7. The van der Waals surface area contributed by atoms with E-state index in [-0.39, 0.29) is 17.8 Å². The summed E-state index contributed by atoms with van der Waals surface area (Å²) in [6.45, 7) is 13.5. The lowest BCUT2D eigenvalue weighted by Crippen LogP contribution is -2.40. The third-order valence-electron chi connectivity index (χ3n) is 10.1. The number of hydrogen-bond donors (Lipinski definition) is 0. The zero-order chi connectivity index (χ0) is 35.8. The molecule has 1 amide bonds. The first-order valence-electron chi connectivity index (χ1n) is 20.4. The Hall–Kier alpha value is -1.63. The maximum Gasteiger partial charge on any atom is 0.305 e. The van der Waals surface area contributed by atoms with Crippen molar-refractivity contribution < 1.29 is 23.9 Å². The van der Waals surface area contributed by atoms with Crippen molar-refractivity contribution in [3.63, 3.8) is 0 Å². The molecule has 0 heterocycles. The molecule has 0 aromatic heterocycles. The van der Waals surface area contributed by atoms with Crippen molar-refractivity contribution in [3.8, 4) is 0 Å². The lowest BCUT2D eigenvalue weighted by molar-refractivity contribution is -0.146. The van der Waals surface area contributed by atoms with E-state index < -0.39 is 0 Å². The van der Waals surface area contributed by atoms with E-state index in [2.05, 4.69) is 51.6 Å². The van der Waals surface area contributed by atoms with Gasteiger partial charge in [0.1, 0.15) is 0 Å². The van der Waals surface area contributed by atoms with Crippen LogP contribution in [0.25, 0.3) is 0 Å². The maximum atomic E-state index is 12.7. The van der Waals surface area contributed by atoms with Gasteiger partial charge in [0.15, 0.2) is 0 Å². The monoisotopic (exact) mass is 681 g/mol. The standard InChI is InChI=1S/C41H80N2O5/c1-8-12-27-38(11-4)35-48-41(46)31-24-20-16-14-18-22-29-39(43(36(5)44)33-26-25-32-42(6)7)28-21-17-13-15-19-23-30-40(45)47-34-37(9-2)10-3/h37-39H,8-35H2,1-7H3. The summed E-state index contributed by atoms with van der Waals surface area (Å²) in [5.74, 6) is 1.13. The van der Waals surface area contributed by atoms with Crippen LogP contribution >= 0.6 is 0 Å². The Labute approximate surface area is 298 Å². The van der Waals surface area contributed by atoms with Crippen LogP contribution in [0.1, 0.15) is 189 Å². The van der Waals surface area contributed by atoms with Crippen LogP contribution in [0.15, 0.2) is 0 Å². The average Bonchev–Trinajstić information content (AvgIpc) is 3.06. The van der Waals surface area contributed by atoms with Crippen LogP contribution < -0.4 is 0 Å². The van der Waals surface area contributed by atoms with Crippen LogP contribution in [-0.2, 0) is 23.9 Å². The smallest absolute Gasteiger partial charge is 0.305 e. The summed E-state index contributed by atoms with van der Waals surface area (Å²) in [6, 6.07) is 0.325. The zero-order valence-corrected chi connectivity index (χ0v) is 33.0. The van der Waals surface area contributed by atoms with Gasteiger partial charge < -0.3 is 19.3 Å². The lowest BCUT2D eigenvalue weighted by Gasteiger charge is -2.32. The minimum Gasteiger partial charge on any atom is -0.465 e. The summed E-state index contributed by atoms with van der Waals surface area (Å²) < 4.78 is 11.0. The molecule has 0 radical (unpaired) electrons. The second-order valence-corrected chi connectivity index (χ2v) is 14.7. The first kappa shape index (κ1) is 46.4. The van der Waals surface area contributed by atoms with E-state index >= 15 is 0 Å². The minimum atomic E-state index is -0.0436. The number of amides is 1. The third kappa shape index (κ3) is 27.2. The molecule has 0 N–H and O–H groups in total. The molecule has 0 aromatic rings. The normalized spacial score (nSPS) is 12.8. The van der Waals surface area contributed by atoms with Crippen LogP contribution in [0.3, 0.4) is 0 Å². The molecule has 284 valence electrons. The fourth-order valence-corrected chi connectivity index (χ4v) is 6.46. The van der Waals surface area contributed by atoms with Gasteiger partial charge in [-0.05, 0) is 77.4 Å². The number of unbranched alkanes of at least 4 members (excludes halogenated alkanes) is 12. The molecule has 2 atom stereocenters. The fourth-order valence-electron chi connectivity index (χ4n) is 6.46. The molecule has 0 spiro atoms. The van der Waals surface area contributed by atoms with E-state index in [1.165, 1.54) is 38.5 Å². The number of hydrogen-bond acceptors (Lipinski definition) is 6. The maximum absolute atomic E-state index is 12.7. The van der Waals surface area contributed by atoms with Crippen LogP contribution in [-0.4, -0.2) is 74.1 Å². The summed E-state index contributed by atoms with van der Waals surface area (Å²) in [5, 5.41) is 0. The predicted octanol–water partition coefficient (Wildman–Crippen LogP) is 10.5. The molecule has 0 saturated heterocycles. The quantitative estimate of drug-likeness (QED) is 0.0497. The van der Waals surface area contributed by atoms with Crippen LogP contribution in [0.4, 0.5) is 0 Å². The van der Waals surface area contributed by atoms with Crippen molar-refractivity contribution in [1.29, 1.82) is 0 Å². The van der Waals surface area contributed by atoms with Crippen molar-refractivity contribution in [2.45, 2.75) is 195 Å². The molecular formula is C41H80N2O5. The van der Waals surface area contributed by atoms with Gasteiger partial charge in [0.25, 0.3) is 0 Å². The number of nitrogens with zero attached hydrogens (tertiary/aromatic N) is 2. The molecule has 0 aliphatic rings. The highest BCUT2D eigenvalue weighted by Gasteiger charge is 2.20. The first-order chi connectivity index (χ1) is 23.2. The van der Waals surface area contributed by atoms with E-state index in [9.17, 15) is 14.4 Å². The molecule has 0 fully saturated rings. The molecule has 0 aliphatic carbocycles. The van der Waals surface area contributed by atoms with E-state index in [0.29, 0.717) is 43.9 Å². The number of carbonyl (C=O) groups is 3. The van der Waals surface area contributed by atoms with Crippen molar-refractivity contribution >= 4 is 17.8 Å². The molecule has 7 heteroatoms. The van der Waals surface area contributed by atoms with Gasteiger partial charge in [-0.15, -0.1) is 0 Å². The Balaban J connectivity index is 4.44. The molecule has 0 bridgehead atoms. The Morgan fingerprint density at radius 2 is 0.958 bits per heavy atom. The number of ether oxygens (including phenoxy) is 2. The van der Waals surface area contributed by atoms with Gasteiger partial charge >= 0.3 is 11.9 Å². The number of esters is 2. The summed E-state index contributed by atoms with van der Waals surface area (Å²) in [5.41, 5.74) is 0. The highest BCUT2D eigenvalue weighted by molar-refractivity contribution is 5.73. The van der Waals surface area contributed by atoms with Gasteiger partial charge in [-0.2, -0.15) is 0 Å². The molecule has 7 nitrogen and oxygen atoms in total. The molecule has 0 aromatic carbocycles. The van der Waals surface area contributed by atoms with Gasteiger partial charge in [0.05, 0.1) is 13.2 Å². The van der Waals surface area contributed by atoms with Crippen molar-refractivity contribution in [3.05, 3.63) is 0 Å². The minimum absolute atomic E-state index is 0.0321. The highest BCUT2D eigenvalue weighted by atomic mass is 16.5. The van der Waals surface area contributed by atoms with Crippen LogP contribution in [0.2, 0.25) is 0 Å². The summed E-state index contributed by atoms with van der Waals surface area (Å²) in [7, 11) is 4.21. The SMILES string of the molecule is CCCCC(CC)COC(=O)CCCCCCCCC(CCCCCCCCC(=O)OCC(CC)CC)N(CCCCN(C)C)C(C)=O. The zero-order valence-electron chi connectivity index (χ0n) is 33.0. The number of rotatable bonds is 34. The first-order valence-corrected chi connectivity index (χ1v) is 20.4. The predicted molar refractivity (Wildman–Crippen MR) is 202 cm³/mol. The Kier molecular flexibility index (Phi) is 31.5. The van der Waals surface area contributed by atoms with Gasteiger partial charge in [0.2, 0.25) is 5.91 Å². The molecule has 0 rings (SSSR count). The summed E-state index contributed by atoms with van der Waals surface area (Å²) in [4.78, 5) is 41.3. The molecule has 0 saturated carbocycles. The van der Waals surface area contributed by atoms with Gasteiger partial charge in [-0.3, -0.25) is 14.4 Å². The summed E-state index contributed by atoms with van der Waals surface area (Å²) >= 11 is 0. The third-order valence-corrected chi connectivity index (χ3v) is 10.1. The van der Waals surface area contributed by atoms with Crippen molar-refractivity contribution in [2.24, 2.45) is 11.8 Å². The fraction of sp³-hybridized carbons (Fsp3) is 0.927. The van der Waals surface area contributed by atoms with Gasteiger partial charge in [0, 0.05) is 32.4 Å².